The van der Waals surface area contributed by atoms with Gasteiger partial charge in [-0.1, -0.05) is 36.4 Å². The molecule has 148 valence electrons. The first kappa shape index (κ1) is 19.1. The van der Waals surface area contributed by atoms with E-state index in [-0.39, 0.29) is 11.6 Å². The van der Waals surface area contributed by atoms with Gasteiger partial charge in [0.1, 0.15) is 5.52 Å². The average molecular weight is 399 g/mol. The van der Waals surface area contributed by atoms with Crippen molar-refractivity contribution in [3.05, 3.63) is 100 Å². The largest absolute Gasteiger partial charge is 0.436 e. The van der Waals surface area contributed by atoms with Crippen molar-refractivity contribution in [2.24, 2.45) is 0 Å². The Kier molecular flexibility index (Phi) is 5.34. The van der Waals surface area contributed by atoms with Crippen molar-refractivity contribution >= 4 is 28.8 Å². The molecule has 0 fully saturated rings. The van der Waals surface area contributed by atoms with Gasteiger partial charge in [-0.3, -0.25) is 14.9 Å². The number of hydrogen-bond donors (Lipinski definition) is 1. The fraction of sp³-hybridized carbons (Fsp3) is 0.0435. The Morgan fingerprint density at radius 1 is 1.07 bits per heavy atom. The summed E-state index contributed by atoms with van der Waals surface area (Å²) in [5.74, 6) is 0.260. The summed E-state index contributed by atoms with van der Waals surface area (Å²) in [6.07, 6.45) is 2.89. The van der Waals surface area contributed by atoms with Gasteiger partial charge in [0.15, 0.2) is 5.58 Å². The predicted octanol–water partition coefficient (Wildman–Crippen LogP) is 4.73. The lowest BCUT2D eigenvalue weighted by Gasteiger charge is -2.03. The number of nitrogens with one attached hydrogen (secondary N) is 1. The third-order valence-electron chi connectivity index (χ3n) is 4.47. The molecule has 1 heterocycles. The number of rotatable bonds is 6. The maximum Gasteiger partial charge on any atom is 0.270 e. The highest BCUT2D eigenvalue weighted by Gasteiger charge is 2.08. The van der Waals surface area contributed by atoms with Crippen molar-refractivity contribution in [1.29, 1.82) is 0 Å². The van der Waals surface area contributed by atoms with E-state index in [4.69, 9.17) is 4.42 Å². The minimum absolute atomic E-state index is 0.0170. The highest BCUT2D eigenvalue weighted by atomic mass is 16.6. The summed E-state index contributed by atoms with van der Waals surface area (Å²) in [5, 5.41) is 13.6. The molecule has 0 saturated heterocycles. The lowest BCUT2D eigenvalue weighted by Crippen LogP contribution is -2.20. The third-order valence-corrected chi connectivity index (χ3v) is 4.47. The highest BCUT2D eigenvalue weighted by Crippen LogP contribution is 2.24. The molecular formula is C23H17N3O4. The van der Waals surface area contributed by atoms with Crippen LogP contribution < -0.4 is 5.32 Å². The van der Waals surface area contributed by atoms with E-state index in [2.05, 4.69) is 10.3 Å². The van der Waals surface area contributed by atoms with Crippen molar-refractivity contribution in [2.45, 2.75) is 6.54 Å². The summed E-state index contributed by atoms with van der Waals surface area (Å²) < 4.78 is 5.76. The van der Waals surface area contributed by atoms with Gasteiger partial charge in [-0.25, -0.2) is 4.98 Å². The van der Waals surface area contributed by atoms with Crippen LogP contribution in [0.25, 0.3) is 28.6 Å². The van der Waals surface area contributed by atoms with Crippen LogP contribution in [-0.2, 0) is 11.3 Å². The molecule has 0 atom stereocenters. The van der Waals surface area contributed by atoms with Crippen LogP contribution in [0.4, 0.5) is 5.69 Å². The first-order valence-corrected chi connectivity index (χ1v) is 9.24. The number of benzene rings is 3. The maximum absolute atomic E-state index is 12.0. The zero-order chi connectivity index (χ0) is 20.9. The number of para-hydroxylation sites is 2. The number of carbonyl (C=O) groups is 1. The second kappa shape index (κ2) is 8.40. The van der Waals surface area contributed by atoms with E-state index in [1.54, 1.807) is 18.2 Å². The van der Waals surface area contributed by atoms with Crippen molar-refractivity contribution < 1.29 is 14.1 Å². The maximum atomic E-state index is 12.0. The molecule has 0 radical (unpaired) electrons. The van der Waals surface area contributed by atoms with Gasteiger partial charge in [0.2, 0.25) is 11.8 Å². The van der Waals surface area contributed by atoms with E-state index in [0.717, 1.165) is 22.2 Å². The molecule has 0 saturated carbocycles. The second-order valence-corrected chi connectivity index (χ2v) is 6.59. The van der Waals surface area contributed by atoms with Crippen LogP contribution in [0, 0.1) is 10.1 Å². The Morgan fingerprint density at radius 2 is 1.87 bits per heavy atom. The number of oxazole rings is 1. The lowest BCUT2D eigenvalue weighted by atomic mass is 10.1. The summed E-state index contributed by atoms with van der Waals surface area (Å²) >= 11 is 0. The van der Waals surface area contributed by atoms with Crippen molar-refractivity contribution in [2.75, 3.05) is 0 Å². The summed E-state index contributed by atoms with van der Waals surface area (Å²) in [4.78, 5) is 26.8. The number of aromatic nitrogens is 1. The Morgan fingerprint density at radius 3 is 2.63 bits per heavy atom. The molecule has 0 aliphatic carbocycles. The molecule has 0 unspecified atom stereocenters. The van der Waals surface area contributed by atoms with Crippen molar-refractivity contribution in [3.8, 4) is 11.5 Å². The van der Waals surface area contributed by atoms with Crippen molar-refractivity contribution in [3.63, 3.8) is 0 Å². The number of nitro benzene ring substituents is 1. The molecule has 0 bridgehead atoms. The van der Waals surface area contributed by atoms with Gasteiger partial charge in [-0.05, 0) is 41.5 Å². The van der Waals surface area contributed by atoms with Gasteiger partial charge < -0.3 is 9.73 Å². The number of nitrogens with zero attached hydrogens (tertiary/aromatic N) is 2. The zero-order valence-electron chi connectivity index (χ0n) is 15.8. The summed E-state index contributed by atoms with van der Waals surface area (Å²) in [5.41, 5.74) is 3.89. The van der Waals surface area contributed by atoms with Gasteiger partial charge in [0.25, 0.3) is 5.69 Å². The monoisotopic (exact) mass is 399 g/mol. The van der Waals surface area contributed by atoms with Crippen LogP contribution >= 0.6 is 0 Å². The molecule has 4 aromatic rings. The fourth-order valence-electron chi connectivity index (χ4n) is 2.92. The minimum Gasteiger partial charge on any atom is -0.436 e. The van der Waals surface area contributed by atoms with Crippen LogP contribution in [0.15, 0.2) is 83.3 Å². The standard InChI is InChI=1S/C23H17N3O4/c27-22(13-10-16-4-3-5-19(14-16)26(28)29)24-15-17-8-11-18(12-9-17)23-25-20-6-1-2-7-21(20)30-23/h1-14H,15H2,(H,24,27)/b13-10+. The molecule has 1 aromatic heterocycles. The highest BCUT2D eigenvalue weighted by molar-refractivity contribution is 5.91. The Hall–Kier alpha value is -4.26. The molecule has 3 aromatic carbocycles. The summed E-state index contributed by atoms with van der Waals surface area (Å²) in [7, 11) is 0. The molecule has 0 spiro atoms. The zero-order valence-corrected chi connectivity index (χ0v) is 15.8. The molecule has 1 N–H and O–H groups in total. The molecule has 1 amide bonds. The van der Waals surface area contributed by atoms with Crippen LogP contribution in [0.3, 0.4) is 0 Å². The van der Waals surface area contributed by atoms with E-state index in [9.17, 15) is 14.9 Å². The first-order valence-electron chi connectivity index (χ1n) is 9.24. The van der Waals surface area contributed by atoms with Gasteiger partial charge >= 0.3 is 0 Å². The van der Waals surface area contributed by atoms with E-state index < -0.39 is 4.92 Å². The van der Waals surface area contributed by atoms with Crippen LogP contribution in [0.2, 0.25) is 0 Å². The van der Waals surface area contributed by atoms with Gasteiger partial charge in [0.05, 0.1) is 4.92 Å². The number of carbonyl (C=O) groups excluding carboxylic acids is 1. The van der Waals surface area contributed by atoms with E-state index in [1.165, 1.54) is 18.2 Å². The number of amides is 1. The van der Waals surface area contributed by atoms with Gasteiger partial charge in [0, 0.05) is 30.3 Å². The quantitative estimate of drug-likeness (QED) is 0.287. The summed E-state index contributed by atoms with van der Waals surface area (Å²) in [6, 6.07) is 21.3. The SMILES string of the molecule is O=C(/C=C/c1cccc([N+](=O)[O-])c1)NCc1ccc(-c2nc3ccccc3o2)cc1. The van der Waals surface area contributed by atoms with Crippen LogP contribution in [0.5, 0.6) is 0 Å². The Balaban J connectivity index is 1.36. The Bertz CT molecular complexity index is 1210. The topological polar surface area (TPSA) is 98.3 Å². The molecule has 4 rings (SSSR count). The molecule has 7 heteroatoms. The van der Waals surface area contributed by atoms with Crippen LogP contribution in [0.1, 0.15) is 11.1 Å². The van der Waals surface area contributed by atoms with Crippen molar-refractivity contribution in [1.82, 2.24) is 10.3 Å². The Labute approximate surface area is 171 Å². The molecule has 30 heavy (non-hydrogen) atoms. The van der Waals surface area contributed by atoms with Gasteiger partial charge in [-0.15, -0.1) is 0 Å². The third kappa shape index (κ3) is 4.41. The number of non-ortho nitro benzene ring substituents is 1. The molecule has 7 nitrogen and oxygen atoms in total. The van der Waals surface area contributed by atoms with Gasteiger partial charge in [-0.2, -0.15) is 0 Å². The van der Waals surface area contributed by atoms with E-state index in [1.807, 2.05) is 48.5 Å². The average Bonchev–Trinajstić information content (AvgIpc) is 3.21. The lowest BCUT2D eigenvalue weighted by molar-refractivity contribution is -0.384. The number of nitro groups is 1. The fourth-order valence-corrected chi connectivity index (χ4v) is 2.92. The predicted molar refractivity (Wildman–Crippen MR) is 113 cm³/mol. The molecule has 0 aliphatic heterocycles. The number of hydrogen-bond acceptors (Lipinski definition) is 5. The molecule has 0 aliphatic rings. The first-order chi connectivity index (χ1) is 14.6. The molecular weight excluding hydrogens is 382 g/mol. The minimum atomic E-state index is -0.470. The smallest absolute Gasteiger partial charge is 0.270 e. The van der Waals surface area contributed by atoms with Crippen LogP contribution in [-0.4, -0.2) is 15.8 Å². The van der Waals surface area contributed by atoms with E-state index >= 15 is 0 Å². The number of fused-ring (bicyclic) bond motifs is 1. The van der Waals surface area contributed by atoms with E-state index in [0.29, 0.717) is 18.0 Å². The normalized spacial score (nSPS) is 11.1. The second-order valence-electron chi connectivity index (χ2n) is 6.59. The summed E-state index contributed by atoms with van der Waals surface area (Å²) in [6.45, 7) is 0.353.